The van der Waals surface area contributed by atoms with Crippen LogP contribution in [0.25, 0.3) is 0 Å². The maximum absolute atomic E-state index is 12.3. The quantitative estimate of drug-likeness (QED) is 0.743. The number of pyridine rings is 1. The number of hydrogen-bond donors (Lipinski definition) is 2. The van der Waals surface area contributed by atoms with E-state index in [4.69, 9.17) is 4.74 Å². The van der Waals surface area contributed by atoms with Gasteiger partial charge in [-0.15, -0.1) is 0 Å². The Hall–Kier alpha value is -3.34. The maximum Gasteiger partial charge on any atom is 0.255 e. The van der Waals surface area contributed by atoms with Crippen LogP contribution < -0.4 is 15.4 Å². The average molecular weight is 319 g/mol. The van der Waals surface area contributed by atoms with Gasteiger partial charge in [-0.05, 0) is 48.5 Å². The molecule has 0 radical (unpaired) electrons. The zero-order chi connectivity index (χ0) is 16.8. The molecular weight excluding hydrogens is 302 g/mol. The van der Waals surface area contributed by atoms with E-state index in [-0.39, 0.29) is 5.91 Å². The molecule has 1 amide bonds. The Balaban J connectivity index is 1.72. The van der Waals surface area contributed by atoms with Crippen LogP contribution in [0, 0.1) is 0 Å². The number of carbonyl (C=O) groups excluding carboxylic acids is 1. The van der Waals surface area contributed by atoms with Crippen LogP contribution in [-0.4, -0.2) is 18.0 Å². The van der Waals surface area contributed by atoms with Crippen molar-refractivity contribution in [3.8, 4) is 5.75 Å². The third kappa shape index (κ3) is 3.89. The van der Waals surface area contributed by atoms with E-state index < -0.39 is 0 Å². The first kappa shape index (κ1) is 15.6. The fourth-order valence-corrected chi connectivity index (χ4v) is 2.19. The van der Waals surface area contributed by atoms with Gasteiger partial charge in [-0.2, -0.15) is 0 Å². The van der Waals surface area contributed by atoms with E-state index in [0.717, 1.165) is 17.1 Å². The number of anilines is 3. The summed E-state index contributed by atoms with van der Waals surface area (Å²) in [6, 6.07) is 20.2. The number of amides is 1. The van der Waals surface area contributed by atoms with Crippen molar-refractivity contribution in [2.75, 3.05) is 17.7 Å². The molecule has 5 nitrogen and oxygen atoms in total. The van der Waals surface area contributed by atoms with Crippen LogP contribution in [0.5, 0.6) is 5.75 Å². The van der Waals surface area contributed by atoms with Crippen molar-refractivity contribution >= 4 is 23.1 Å². The van der Waals surface area contributed by atoms with Crippen LogP contribution in [0.2, 0.25) is 0 Å². The molecule has 2 N–H and O–H groups in total. The predicted octanol–water partition coefficient (Wildman–Crippen LogP) is 4.09. The summed E-state index contributed by atoms with van der Waals surface area (Å²) in [7, 11) is 1.62. The zero-order valence-corrected chi connectivity index (χ0v) is 13.2. The van der Waals surface area contributed by atoms with Crippen molar-refractivity contribution in [3.63, 3.8) is 0 Å². The molecule has 0 fully saturated rings. The van der Waals surface area contributed by atoms with Gasteiger partial charge in [0.25, 0.3) is 5.91 Å². The minimum atomic E-state index is -0.179. The summed E-state index contributed by atoms with van der Waals surface area (Å²) in [5, 5.41) is 6.02. The standard InChI is InChI=1S/C19H17N3O2/c1-24-17-9-7-16(8-10-17)21-18-13-14(11-12-20-18)19(23)22-15-5-3-2-4-6-15/h2-13H,1H3,(H,20,21)(H,22,23). The Labute approximate surface area is 140 Å². The van der Waals surface area contributed by atoms with Gasteiger partial charge in [0.2, 0.25) is 0 Å². The van der Waals surface area contributed by atoms with Crippen LogP contribution in [0.3, 0.4) is 0 Å². The Morgan fingerprint density at radius 2 is 1.71 bits per heavy atom. The van der Waals surface area contributed by atoms with Crippen molar-refractivity contribution in [1.29, 1.82) is 0 Å². The van der Waals surface area contributed by atoms with Crippen molar-refractivity contribution in [2.24, 2.45) is 0 Å². The third-order valence-corrected chi connectivity index (χ3v) is 3.42. The lowest BCUT2D eigenvalue weighted by molar-refractivity contribution is 0.102. The molecule has 0 aliphatic carbocycles. The number of methoxy groups -OCH3 is 1. The van der Waals surface area contributed by atoms with Crippen LogP contribution >= 0.6 is 0 Å². The molecular formula is C19H17N3O2. The van der Waals surface area contributed by atoms with E-state index in [1.54, 1.807) is 25.4 Å². The van der Waals surface area contributed by atoms with Gasteiger partial charge in [0, 0.05) is 23.1 Å². The predicted molar refractivity (Wildman–Crippen MR) is 94.9 cm³/mol. The first-order valence-corrected chi connectivity index (χ1v) is 7.48. The monoisotopic (exact) mass is 319 g/mol. The molecule has 1 heterocycles. The molecule has 3 aromatic rings. The van der Waals surface area contributed by atoms with Gasteiger partial charge >= 0.3 is 0 Å². The van der Waals surface area contributed by atoms with E-state index in [2.05, 4.69) is 15.6 Å². The van der Waals surface area contributed by atoms with E-state index in [1.807, 2.05) is 54.6 Å². The van der Waals surface area contributed by atoms with Crippen molar-refractivity contribution in [2.45, 2.75) is 0 Å². The van der Waals surface area contributed by atoms with Gasteiger partial charge in [0.1, 0.15) is 11.6 Å². The molecule has 3 rings (SSSR count). The number of benzene rings is 2. The lowest BCUT2D eigenvalue weighted by Gasteiger charge is -2.09. The topological polar surface area (TPSA) is 63.2 Å². The zero-order valence-electron chi connectivity index (χ0n) is 13.2. The lowest BCUT2D eigenvalue weighted by atomic mass is 10.2. The third-order valence-electron chi connectivity index (χ3n) is 3.42. The second-order valence-electron chi connectivity index (χ2n) is 5.10. The molecule has 0 bridgehead atoms. The fraction of sp³-hybridized carbons (Fsp3) is 0.0526. The molecule has 0 saturated heterocycles. The smallest absolute Gasteiger partial charge is 0.255 e. The second kappa shape index (κ2) is 7.28. The first-order chi connectivity index (χ1) is 11.7. The van der Waals surface area contributed by atoms with Crippen molar-refractivity contribution in [3.05, 3.63) is 78.5 Å². The van der Waals surface area contributed by atoms with E-state index in [9.17, 15) is 4.79 Å². The first-order valence-electron chi connectivity index (χ1n) is 7.48. The molecule has 0 aliphatic rings. The number of ether oxygens (including phenoxy) is 1. The Morgan fingerprint density at radius 1 is 0.958 bits per heavy atom. The van der Waals surface area contributed by atoms with Gasteiger partial charge in [-0.1, -0.05) is 18.2 Å². The SMILES string of the molecule is COc1ccc(Nc2cc(C(=O)Nc3ccccc3)ccn2)cc1. The molecule has 2 aromatic carbocycles. The highest BCUT2D eigenvalue weighted by Crippen LogP contribution is 2.19. The number of nitrogens with zero attached hydrogens (tertiary/aromatic N) is 1. The molecule has 0 aliphatic heterocycles. The van der Waals surface area contributed by atoms with Crippen LogP contribution in [-0.2, 0) is 0 Å². The van der Waals surface area contributed by atoms with Crippen LogP contribution in [0.1, 0.15) is 10.4 Å². The number of aromatic nitrogens is 1. The number of hydrogen-bond acceptors (Lipinski definition) is 4. The minimum Gasteiger partial charge on any atom is -0.497 e. The van der Waals surface area contributed by atoms with Gasteiger partial charge in [0.15, 0.2) is 0 Å². The summed E-state index contributed by atoms with van der Waals surface area (Å²) in [4.78, 5) is 16.6. The largest absolute Gasteiger partial charge is 0.497 e. The highest BCUT2D eigenvalue weighted by Gasteiger charge is 2.07. The van der Waals surface area contributed by atoms with Gasteiger partial charge in [-0.25, -0.2) is 4.98 Å². The normalized spacial score (nSPS) is 10.0. The summed E-state index contributed by atoms with van der Waals surface area (Å²) in [5.41, 5.74) is 2.15. The van der Waals surface area contributed by atoms with Crippen molar-refractivity contribution in [1.82, 2.24) is 4.98 Å². The average Bonchev–Trinajstić information content (AvgIpc) is 2.63. The van der Waals surface area contributed by atoms with Gasteiger partial charge < -0.3 is 15.4 Å². The highest BCUT2D eigenvalue weighted by atomic mass is 16.5. The molecule has 0 unspecified atom stereocenters. The highest BCUT2D eigenvalue weighted by molar-refractivity contribution is 6.04. The molecule has 0 spiro atoms. The number of nitrogens with one attached hydrogen (secondary N) is 2. The lowest BCUT2D eigenvalue weighted by Crippen LogP contribution is -2.12. The van der Waals surface area contributed by atoms with Crippen molar-refractivity contribution < 1.29 is 9.53 Å². The van der Waals surface area contributed by atoms with Crippen LogP contribution in [0.15, 0.2) is 72.9 Å². The summed E-state index contributed by atoms with van der Waals surface area (Å²) in [5.74, 6) is 1.20. The van der Waals surface area contributed by atoms with E-state index in [1.165, 1.54) is 0 Å². The molecule has 0 saturated carbocycles. The Kier molecular flexibility index (Phi) is 4.72. The molecule has 1 aromatic heterocycles. The Bertz CT molecular complexity index is 818. The fourth-order valence-electron chi connectivity index (χ4n) is 2.19. The van der Waals surface area contributed by atoms with Crippen LogP contribution in [0.4, 0.5) is 17.2 Å². The molecule has 5 heteroatoms. The molecule has 24 heavy (non-hydrogen) atoms. The van der Waals surface area contributed by atoms with E-state index in [0.29, 0.717) is 11.4 Å². The minimum absolute atomic E-state index is 0.179. The summed E-state index contributed by atoms with van der Waals surface area (Å²) >= 11 is 0. The maximum atomic E-state index is 12.3. The number of para-hydroxylation sites is 1. The summed E-state index contributed by atoms with van der Waals surface area (Å²) < 4.78 is 5.13. The van der Waals surface area contributed by atoms with Gasteiger partial charge in [0.05, 0.1) is 7.11 Å². The molecule has 120 valence electrons. The summed E-state index contributed by atoms with van der Waals surface area (Å²) in [6.07, 6.45) is 1.60. The Morgan fingerprint density at radius 3 is 2.42 bits per heavy atom. The van der Waals surface area contributed by atoms with E-state index >= 15 is 0 Å². The summed E-state index contributed by atoms with van der Waals surface area (Å²) in [6.45, 7) is 0. The second-order valence-corrected chi connectivity index (χ2v) is 5.10. The van der Waals surface area contributed by atoms with Gasteiger partial charge in [-0.3, -0.25) is 4.79 Å². The number of carbonyl (C=O) groups is 1. The number of rotatable bonds is 5. The molecule has 0 atom stereocenters.